The third-order valence-corrected chi connectivity index (χ3v) is 5.28. The monoisotopic (exact) mass is 521 g/mol. The average Bonchev–Trinajstić information content (AvgIpc) is 3.40. The molecule has 0 atom stereocenters. The number of phenolic OH excluding ortho intramolecular Hbond substituents is 1. The lowest BCUT2D eigenvalue weighted by Gasteiger charge is -2.18. The van der Waals surface area contributed by atoms with E-state index in [1.807, 2.05) is 13.8 Å². The molecule has 0 bridgehead atoms. The van der Waals surface area contributed by atoms with Crippen LogP contribution in [0.2, 0.25) is 0 Å². The van der Waals surface area contributed by atoms with Gasteiger partial charge in [0, 0.05) is 6.54 Å². The van der Waals surface area contributed by atoms with Crippen LogP contribution < -0.4 is 15.9 Å². The lowest BCUT2D eigenvalue weighted by molar-refractivity contribution is 0.0948. The molecular formula is C19H24BrN9O4. The van der Waals surface area contributed by atoms with Crippen LogP contribution in [0.4, 0.5) is 5.82 Å². The van der Waals surface area contributed by atoms with Crippen molar-refractivity contribution >= 4 is 33.9 Å². The molecule has 2 aromatic heterocycles. The Hall–Kier alpha value is -3.52. The number of nitrogen functional groups attached to an aromatic ring is 1. The number of hydrogen-bond acceptors (Lipinski definition) is 11. The Morgan fingerprint density at radius 1 is 1.36 bits per heavy atom. The normalized spacial score (nSPS) is 11.4. The lowest BCUT2D eigenvalue weighted by Crippen LogP contribution is -2.27. The number of amides is 1. The Morgan fingerprint density at radius 3 is 2.76 bits per heavy atom. The highest BCUT2D eigenvalue weighted by Crippen LogP contribution is 2.35. The predicted octanol–water partition coefficient (Wildman–Crippen LogP) is 1.70. The van der Waals surface area contributed by atoms with Gasteiger partial charge < -0.3 is 15.6 Å². The van der Waals surface area contributed by atoms with Crippen molar-refractivity contribution in [3.05, 3.63) is 33.6 Å². The fourth-order valence-corrected chi connectivity index (χ4v) is 3.40. The number of nitrogens with zero attached hydrogens (tertiary/aromatic N) is 7. The second kappa shape index (κ2) is 10.9. The van der Waals surface area contributed by atoms with E-state index in [1.165, 1.54) is 10.9 Å². The zero-order valence-corrected chi connectivity index (χ0v) is 19.9. The number of aromatic nitrogens is 5. The van der Waals surface area contributed by atoms with Crippen LogP contribution in [-0.2, 0) is 6.54 Å². The topological polar surface area (TPSA) is 170 Å². The second-order valence-corrected chi connectivity index (χ2v) is 7.57. The van der Waals surface area contributed by atoms with Crippen LogP contribution in [0.5, 0.6) is 11.5 Å². The third kappa shape index (κ3) is 5.46. The van der Waals surface area contributed by atoms with E-state index in [2.05, 4.69) is 56.6 Å². The fourth-order valence-electron chi connectivity index (χ4n) is 2.94. The zero-order valence-electron chi connectivity index (χ0n) is 18.3. The zero-order chi connectivity index (χ0) is 24.0. The summed E-state index contributed by atoms with van der Waals surface area (Å²) in [4.78, 5) is 14.9. The summed E-state index contributed by atoms with van der Waals surface area (Å²) in [5.74, 6) is -0.129. The summed E-state index contributed by atoms with van der Waals surface area (Å²) >= 11 is 3.26. The van der Waals surface area contributed by atoms with Crippen molar-refractivity contribution in [1.82, 2.24) is 35.6 Å². The van der Waals surface area contributed by atoms with Gasteiger partial charge in [0.2, 0.25) is 11.6 Å². The highest BCUT2D eigenvalue weighted by molar-refractivity contribution is 9.10. The minimum absolute atomic E-state index is 0.0164. The van der Waals surface area contributed by atoms with Gasteiger partial charge in [0.15, 0.2) is 17.2 Å². The molecule has 2 heterocycles. The molecular weight excluding hydrogens is 498 g/mol. The second-order valence-electron chi connectivity index (χ2n) is 6.71. The minimum atomic E-state index is -0.572. The van der Waals surface area contributed by atoms with Gasteiger partial charge in [0.05, 0.1) is 23.0 Å². The quantitative estimate of drug-likeness (QED) is 0.263. The minimum Gasteiger partial charge on any atom is -0.503 e. The van der Waals surface area contributed by atoms with E-state index < -0.39 is 5.91 Å². The number of ether oxygens (including phenoxy) is 1. The summed E-state index contributed by atoms with van der Waals surface area (Å²) in [6.07, 6.45) is 1.42. The standard InChI is InChI=1S/C19H24BrN9O4/c1-4-28(5-2)10-13-15(23-27-29(13)18-17(21)25-33-26-18)19(31)24-22-9-11-7-12(20)16(30)14(8-11)32-6-3/h7-9,30H,4-6,10H2,1-3H3,(H2,21,25)(H,24,31)/b22-9-. The van der Waals surface area contributed by atoms with Crippen LogP contribution in [-0.4, -0.2) is 67.1 Å². The molecule has 0 unspecified atom stereocenters. The number of rotatable bonds is 10. The van der Waals surface area contributed by atoms with E-state index in [-0.39, 0.29) is 23.1 Å². The van der Waals surface area contributed by atoms with Crippen LogP contribution in [0.25, 0.3) is 5.82 Å². The number of hydrazone groups is 1. The van der Waals surface area contributed by atoms with Gasteiger partial charge in [-0.2, -0.15) is 9.78 Å². The van der Waals surface area contributed by atoms with Gasteiger partial charge in [-0.25, -0.2) is 10.1 Å². The number of nitrogens with two attached hydrogens (primary N) is 1. The van der Waals surface area contributed by atoms with Crippen LogP contribution in [0.15, 0.2) is 26.3 Å². The number of nitrogens with one attached hydrogen (secondary N) is 1. The number of anilines is 1. The largest absolute Gasteiger partial charge is 0.503 e. The summed E-state index contributed by atoms with van der Waals surface area (Å²) in [7, 11) is 0. The Bertz CT molecular complexity index is 1140. The maximum Gasteiger partial charge on any atom is 0.293 e. The molecule has 14 heteroatoms. The van der Waals surface area contributed by atoms with Crippen molar-refractivity contribution in [1.29, 1.82) is 0 Å². The Kier molecular flexibility index (Phi) is 7.95. The number of aromatic hydroxyl groups is 1. The van der Waals surface area contributed by atoms with Crippen molar-refractivity contribution in [3.63, 3.8) is 0 Å². The van der Waals surface area contributed by atoms with E-state index in [1.54, 1.807) is 19.1 Å². The van der Waals surface area contributed by atoms with Crippen molar-refractivity contribution in [2.75, 3.05) is 25.4 Å². The van der Waals surface area contributed by atoms with Crippen molar-refractivity contribution in [3.8, 4) is 17.3 Å². The Labute approximate surface area is 197 Å². The first kappa shape index (κ1) is 24.1. The number of carbonyl (C=O) groups is 1. The molecule has 0 spiro atoms. The average molecular weight is 522 g/mol. The summed E-state index contributed by atoms with van der Waals surface area (Å²) in [5, 5.41) is 29.3. The molecule has 0 aliphatic rings. The molecule has 4 N–H and O–H groups in total. The number of phenols is 1. The van der Waals surface area contributed by atoms with Gasteiger partial charge >= 0.3 is 0 Å². The smallest absolute Gasteiger partial charge is 0.293 e. The molecule has 0 fully saturated rings. The summed E-state index contributed by atoms with van der Waals surface area (Å²) < 4.78 is 11.8. The first-order valence-corrected chi connectivity index (χ1v) is 10.9. The SMILES string of the molecule is CCOc1cc(/C=N\NC(=O)c2nnn(-c3nonc3N)c2CN(CC)CC)cc(Br)c1O. The maximum absolute atomic E-state index is 12.8. The predicted molar refractivity (Wildman–Crippen MR) is 122 cm³/mol. The molecule has 0 saturated carbocycles. The fraction of sp³-hybridized carbons (Fsp3) is 0.368. The van der Waals surface area contributed by atoms with Gasteiger partial charge in [-0.3, -0.25) is 9.69 Å². The number of carbonyl (C=O) groups excluding carboxylic acids is 1. The van der Waals surface area contributed by atoms with Gasteiger partial charge in [-0.15, -0.1) is 5.10 Å². The molecule has 33 heavy (non-hydrogen) atoms. The van der Waals surface area contributed by atoms with Crippen LogP contribution in [0.3, 0.4) is 0 Å². The first-order chi connectivity index (χ1) is 15.9. The summed E-state index contributed by atoms with van der Waals surface area (Å²) in [6.45, 7) is 8.03. The molecule has 13 nitrogen and oxygen atoms in total. The maximum atomic E-state index is 12.8. The highest BCUT2D eigenvalue weighted by atomic mass is 79.9. The van der Waals surface area contributed by atoms with E-state index in [9.17, 15) is 9.90 Å². The molecule has 1 amide bonds. The van der Waals surface area contributed by atoms with Crippen LogP contribution in [0, 0.1) is 0 Å². The molecule has 0 radical (unpaired) electrons. The Balaban J connectivity index is 1.85. The van der Waals surface area contributed by atoms with Crippen LogP contribution >= 0.6 is 15.9 Å². The van der Waals surface area contributed by atoms with Gasteiger partial charge in [0.25, 0.3) is 5.91 Å². The van der Waals surface area contributed by atoms with Crippen molar-refractivity contribution in [2.45, 2.75) is 27.3 Å². The number of benzene rings is 1. The Morgan fingerprint density at radius 2 is 2.12 bits per heavy atom. The molecule has 3 aromatic rings. The van der Waals surface area contributed by atoms with Gasteiger partial charge in [-0.1, -0.05) is 19.1 Å². The molecule has 0 aliphatic carbocycles. The van der Waals surface area contributed by atoms with E-state index >= 15 is 0 Å². The van der Waals surface area contributed by atoms with Gasteiger partial charge in [0.1, 0.15) is 0 Å². The molecule has 1 aromatic carbocycles. The summed E-state index contributed by atoms with van der Waals surface area (Å²) in [5.41, 5.74) is 9.35. The van der Waals surface area contributed by atoms with Crippen molar-refractivity contribution < 1.29 is 19.3 Å². The molecule has 0 aliphatic heterocycles. The first-order valence-electron chi connectivity index (χ1n) is 10.1. The van der Waals surface area contributed by atoms with E-state index in [0.717, 1.165) is 13.1 Å². The van der Waals surface area contributed by atoms with Crippen molar-refractivity contribution in [2.24, 2.45) is 5.10 Å². The lowest BCUT2D eigenvalue weighted by atomic mass is 10.2. The molecule has 0 saturated heterocycles. The van der Waals surface area contributed by atoms with Crippen LogP contribution in [0.1, 0.15) is 42.5 Å². The third-order valence-electron chi connectivity index (χ3n) is 4.67. The van der Waals surface area contributed by atoms with E-state index in [4.69, 9.17) is 10.5 Å². The summed E-state index contributed by atoms with van der Waals surface area (Å²) in [6, 6.07) is 3.23. The van der Waals surface area contributed by atoms with E-state index in [0.29, 0.717) is 34.6 Å². The molecule has 176 valence electrons. The van der Waals surface area contributed by atoms with Gasteiger partial charge in [-0.05, 0) is 64.0 Å². The molecule has 3 rings (SSSR count). The number of halogens is 1. The highest BCUT2D eigenvalue weighted by Gasteiger charge is 2.25. The number of hydrogen-bond donors (Lipinski definition) is 3.